The molecule has 0 bridgehead atoms. The molecule has 1 aromatic heterocycles. The number of anilines is 1. The molecule has 2 aromatic rings. The Morgan fingerprint density at radius 3 is 2.73 bits per heavy atom. The first-order valence-electron chi connectivity index (χ1n) is 6.86. The van der Waals surface area contributed by atoms with E-state index in [1.807, 2.05) is 0 Å². The summed E-state index contributed by atoms with van der Waals surface area (Å²) >= 11 is 0. The third-order valence-corrected chi connectivity index (χ3v) is 3.92. The molecule has 0 spiro atoms. The number of benzene rings is 1. The number of fused-ring (bicyclic) bond motifs is 1. The van der Waals surface area contributed by atoms with Crippen LogP contribution >= 0.6 is 0 Å². The van der Waals surface area contributed by atoms with Crippen LogP contribution in [0.4, 0.5) is 18.9 Å². The monoisotopic (exact) mass is 310 g/mol. The van der Waals surface area contributed by atoms with Crippen molar-refractivity contribution in [3.8, 4) is 0 Å². The van der Waals surface area contributed by atoms with E-state index in [1.54, 1.807) is 11.0 Å². The molecule has 1 aliphatic rings. The second kappa shape index (κ2) is 5.15. The van der Waals surface area contributed by atoms with E-state index in [0.29, 0.717) is 24.7 Å². The van der Waals surface area contributed by atoms with Gasteiger partial charge in [0, 0.05) is 29.2 Å². The summed E-state index contributed by atoms with van der Waals surface area (Å²) < 4.78 is 39.4. The second-order valence-corrected chi connectivity index (χ2v) is 5.31. The van der Waals surface area contributed by atoms with Crippen LogP contribution in [-0.4, -0.2) is 23.9 Å². The van der Waals surface area contributed by atoms with Gasteiger partial charge in [0.2, 0.25) is 5.56 Å². The molecule has 1 aliphatic heterocycles. The number of hydrogen-bond donors (Lipinski definition) is 1. The summed E-state index contributed by atoms with van der Waals surface area (Å²) in [6.45, 7) is 0.625. The van der Waals surface area contributed by atoms with Gasteiger partial charge in [0.25, 0.3) is 0 Å². The highest BCUT2D eigenvalue weighted by atomic mass is 19.4. The fraction of sp³-hybridized carbons (Fsp3) is 0.333. The molecule has 1 fully saturated rings. The number of hydrogen-bond acceptors (Lipinski definition) is 3. The van der Waals surface area contributed by atoms with Crippen molar-refractivity contribution in [2.75, 3.05) is 11.4 Å². The number of carbonyl (C=O) groups is 1. The van der Waals surface area contributed by atoms with Crippen LogP contribution in [0, 0.1) is 0 Å². The van der Waals surface area contributed by atoms with Crippen LogP contribution in [0.3, 0.4) is 0 Å². The zero-order valence-corrected chi connectivity index (χ0v) is 11.5. The SMILES string of the molecule is O=CC1CCCN1c1ccc2[nH]c(=O)cc(C(F)(F)F)c2c1. The lowest BCUT2D eigenvalue weighted by Crippen LogP contribution is -2.30. The third-order valence-electron chi connectivity index (χ3n) is 3.92. The summed E-state index contributed by atoms with van der Waals surface area (Å²) in [5.41, 5.74) is -1.07. The maximum Gasteiger partial charge on any atom is 0.417 e. The lowest BCUT2D eigenvalue weighted by Gasteiger charge is -2.23. The number of alkyl halides is 3. The van der Waals surface area contributed by atoms with Crippen molar-refractivity contribution in [3.05, 3.63) is 40.2 Å². The highest BCUT2D eigenvalue weighted by Crippen LogP contribution is 2.35. The topological polar surface area (TPSA) is 53.2 Å². The van der Waals surface area contributed by atoms with Crippen LogP contribution in [0.25, 0.3) is 10.9 Å². The average Bonchev–Trinajstić information content (AvgIpc) is 2.93. The summed E-state index contributed by atoms with van der Waals surface area (Å²) in [7, 11) is 0. The van der Waals surface area contributed by atoms with Gasteiger partial charge in [0.1, 0.15) is 6.29 Å². The van der Waals surface area contributed by atoms with Gasteiger partial charge in [-0.15, -0.1) is 0 Å². The standard InChI is InChI=1S/C15H13F3N2O2/c16-15(17,18)12-7-14(22)19-13-4-3-9(6-11(12)13)20-5-1-2-10(20)8-21/h3-4,6-8,10H,1-2,5H2,(H,19,22). The molecular weight excluding hydrogens is 297 g/mol. The number of aldehydes is 1. The number of nitrogens with zero attached hydrogens (tertiary/aromatic N) is 1. The van der Waals surface area contributed by atoms with Gasteiger partial charge in [-0.05, 0) is 31.0 Å². The maximum absolute atomic E-state index is 13.1. The van der Waals surface area contributed by atoms with E-state index < -0.39 is 17.3 Å². The Labute approximate surface area is 123 Å². The molecular formula is C15H13F3N2O2. The molecule has 4 nitrogen and oxygen atoms in total. The number of pyridine rings is 1. The van der Waals surface area contributed by atoms with E-state index >= 15 is 0 Å². The minimum atomic E-state index is -4.61. The van der Waals surface area contributed by atoms with E-state index in [4.69, 9.17) is 0 Å². The summed E-state index contributed by atoms with van der Waals surface area (Å²) in [4.78, 5) is 26.6. The fourth-order valence-electron chi connectivity index (χ4n) is 2.91. The Hall–Kier alpha value is -2.31. The molecule has 1 atom stereocenters. The minimum absolute atomic E-state index is 0.0684. The molecule has 0 saturated carbocycles. The molecule has 1 N–H and O–H groups in total. The average molecular weight is 310 g/mol. The first-order chi connectivity index (χ1) is 10.4. The second-order valence-electron chi connectivity index (χ2n) is 5.31. The molecule has 3 rings (SSSR count). The molecule has 0 amide bonds. The van der Waals surface area contributed by atoms with Crippen LogP contribution < -0.4 is 10.5 Å². The van der Waals surface area contributed by atoms with Crippen LogP contribution in [0.5, 0.6) is 0 Å². The smallest absolute Gasteiger partial charge is 0.362 e. The molecule has 1 aromatic carbocycles. The summed E-state index contributed by atoms with van der Waals surface area (Å²) in [6, 6.07) is 4.71. The van der Waals surface area contributed by atoms with Crippen LogP contribution in [0.15, 0.2) is 29.1 Å². The number of nitrogens with one attached hydrogen (secondary N) is 1. The van der Waals surface area contributed by atoms with E-state index in [2.05, 4.69) is 4.98 Å². The molecule has 116 valence electrons. The zero-order valence-electron chi connectivity index (χ0n) is 11.5. The molecule has 22 heavy (non-hydrogen) atoms. The molecule has 0 radical (unpaired) electrons. The van der Waals surface area contributed by atoms with Crippen LogP contribution in [0.1, 0.15) is 18.4 Å². The predicted molar refractivity (Wildman–Crippen MR) is 76.0 cm³/mol. The summed E-state index contributed by atoms with van der Waals surface area (Å²) in [6.07, 6.45) is -2.28. The number of H-pyrrole nitrogens is 1. The quantitative estimate of drug-likeness (QED) is 0.868. The highest BCUT2D eigenvalue weighted by Gasteiger charge is 2.34. The van der Waals surface area contributed by atoms with Crippen molar-refractivity contribution in [2.24, 2.45) is 0 Å². The van der Waals surface area contributed by atoms with Crippen molar-refractivity contribution in [1.29, 1.82) is 0 Å². The molecule has 7 heteroatoms. The van der Waals surface area contributed by atoms with Gasteiger partial charge in [-0.25, -0.2) is 0 Å². The van der Waals surface area contributed by atoms with E-state index in [0.717, 1.165) is 12.7 Å². The Bertz CT molecular complexity index is 782. The van der Waals surface area contributed by atoms with Gasteiger partial charge in [0.05, 0.1) is 11.6 Å². The zero-order chi connectivity index (χ0) is 15.9. The summed E-state index contributed by atoms with van der Waals surface area (Å²) in [5.74, 6) is 0. The number of halogens is 3. The first kappa shape index (κ1) is 14.6. The minimum Gasteiger partial charge on any atom is -0.362 e. The highest BCUT2D eigenvalue weighted by molar-refractivity contribution is 5.86. The van der Waals surface area contributed by atoms with Crippen molar-refractivity contribution in [3.63, 3.8) is 0 Å². The van der Waals surface area contributed by atoms with Crippen molar-refractivity contribution in [1.82, 2.24) is 4.98 Å². The van der Waals surface area contributed by atoms with E-state index in [-0.39, 0.29) is 16.9 Å². The molecule has 0 aliphatic carbocycles. The maximum atomic E-state index is 13.1. The number of aromatic amines is 1. The molecule has 2 heterocycles. The predicted octanol–water partition coefficient (Wildman–Crippen LogP) is 2.71. The fourth-order valence-corrected chi connectivity index (χ4v) is 2.91. The largest absolute Gasteiger partial charge is 0.417 e. The Balaban J connectivity index is 2.18. The lowest BCUT2D eigenvalue weighted by atomic mass is 10.1. The van der Waals surface area contributed by atoms with E-state index in [9.17, 15) is 22.8 Å². The van der Waals surface area contributed by atoms with E-state index in [1.165, 1.54) is 12.1 Å². The van der Waals surface area contributed by atoms with Gasteiger partial charge < -0.3 is 14.7 Å². The summed E-state index contributed by atoms with van der Waals surface area (Å²) in [5, 5.41) is -0.0684. The van der Waals surface area contributed by atoms with Gasteiger partial charge in [-0.3, -0.25) is 4.79 Å². The lowest BCUT2D eigenvalue weighted by molar-refractivity contribution is -0.136. The van der Waals surface area contributed by atoms with Crippen molar-refractivity contribution < 1.29 is 18.0 Å². The van der Waals surface area contributed by atoms with Gasteiger partial charge >= 0.3 is 6.18 Å². The van der Waals surface area contributed by atoms with Crippen LogP contribution in [0.2, 0.25) is 0 Å². The number of rotatable bonds is 2. The van der Waals surface area contributed by atoms with Crippen molar-refractivity contribution in [2.45, 2.75) is 25.1 Å². The van der Waals surface area contributed by atoms with Crippen molar-refractivity contribution >= 4 is 22.9 Å². The number of carbonyl (C=O) groups excluding carboxylic acids is 1. The Morgan fingerprint density at radius 1 is 1.27 bits per heavy atom. The van der Waals surface area contributed by atoms with Gasteiger partial charge in [-0.2, -0.15) is 13.2 Å². The van der Waals surface area contributed by atoms with Crippen LogP contribution in [-0.2, 0) is 11.0 Å². The molecule has 1 saturated heterocycles. The normalized spacial score (nSPS) is 18.9. The van der Waals surface area contributed by atoms with Gasteiger partial charge in [0.15, 0.2) is 0 Å². The first-order valence-corrected chi connectivity index (χ1v) is 6.86. The molecule has 1 unspecified atom stereocenters. The Kier molecular flexibility index (Phi) is 3.42. The number of aromatic nitrogens is 1. The van der Waals surface area contributed by atoms with Gasteiger partial charge in [-0.1, -0.05) is 0 Å². The third kappa shape index (κ3) is 2.47. The Morgan fingerprint density at radius 2 is 2.05 bits per heavy atom.